The van der Waals surface area contributed by atoms with E-state index in [1.54, 1.807) is 20.8 Å². The van der Waals surface area contributed by atoms with Crippen molar-refractivity contribution in [1.82, 2.24) is 4.57 Å². The second kappa shape index (κ2) is 6.70. The van der Waals surface area contributed by atoms with Gasteiger partial charge in [0.15, 0.2) is 0 Å². The first-order valence-electron chi connectivity index (χ1n) is 7.06. The van der Waals surface area contributed by atoms with Gasteiger partial charge in [-0.25, -0.2) is 9.59 Å². The summed E-state index contributed by atoms with van der Waals surface area (Å²) < 4.78 is 15.8. The quantitative estimate of drug-likeness (QED) is 0.931. The molecule has 0 saturated heterocycles. The molecule has 0 saturated carbocycles. The molecule has 23 heavy (non-hydrogen) atoms. The number of carbonyl (C=O) groups is 1. The zero-order valence-corrected chi connectivity index (χ0v) is 13.2. The SMILES string of the molecule is CC(C)(C)OC(=O)n1c(COCc2ccccc2)c(O)oc1=O. The predicted molar refractivity (Wildman–Crippen MR) is 81.2 cm³/mol. The molecule has 124 valence electrons. The fourth-order valence-corrected chi connectivity index (χ4v) is 1.85. The Morgan fingerprint density at radius 3 is 2.48 bits per heavy atom. The number of rotatable bonds is 4. The zero-order valence-electron chi connectivity index (χ0n) is 13.2. The molecule has 1 N–H and O–H groups in total. The Morgan fingerprint density at radius 2 is 1.87 bits per heavy atom. The summed E-state index contributed by atoms with van der Waals surface area (Å²) in [4.78, 5) is 23.8. The van der Waals surface area contributed by atoms with E-state index < -0.39 is 23.4 Å². The third kappa shape index (κ3) is 4.46. The second-order valence-electron chi connectivity index (χ2n) is 5.91. The molecular weight excluding hydrogens is 302 g/mol. The van der Waals surface area contributed by atoms with Gasteiger partial charge in [0.05, 0.1) is 13.2 Å². The molecule has 0 fully saturated rings. The lowest BCUT2D eigenvalue weighted by Gasteiger charge is -2.19. The van der Waals surface area contributed by atoms with E-state index in [4.69, 9.17) is 9.47 Å². The number of benzene rings is 1. The van der Waals surface area contributed by atoms with Crippen molar-refractivity contribution < 1.29 is 23.8 Å². The fourth-order valence-electron chi connectivity index (χ4n) is 1.85. The number of ether oxygens (including phenoxy) is 2. The molecule has 7 nitrogen and oxygen atoms in total. The van der Waals surface area contributed by atoms with E-state index in [1.165, 1.54) is 0 Å². The van der Waals surface area contributed by atoms with Gasteiger partial charge >= 0.3 is 17.8 Å². The summed E-state index contributed by atoms with van der Waals surface area (Å²) in [6.07, 6.45) is -0.926. The van der Waals surface area contributed by atoms with Crippen molar-refractivity contribution in [3.05, 3.63) is 52.1 Å². The highest BCUT2D eigenvalue weighted by Gasteiger charge is 2.26. The first-order chi connectivity index (χ1) is 10.8. The number of carbonyl (C=O) groups excluding carboxylic acids is 1. The lowest BCUT2D eigenvalue weighted by Crippen LogP contribution is -2.33. The second-order valence-corrected chi connectivity index (χ2v) is 5.91. The molecule has 2 aromatic rings. The molecule has 0 atom stereocenters. The Bertz CT molecular complexity index is 723. The van der Waals surface area contributed by atoms with Crippen molar-refractivity contribution in [1.29, 1.82) is 0 Å². The van der Waals surface area contributed by atoms with Crippen molar-refractivity contribution in [3.8, 4) is 5.95 Å². The number of nitrogens with zero attached hydrogens (tertiary/aromatic N) is 1. The maximum Gasteiger partial charge on any atom is 0.432 e. The number of oxazole rings is 1. The molecule has 1 heterocycles. The third-order valence-electron chi connectivity index (χ3n) is 2.81. The molecular formula is C16H19NO6. The lowest BCUT2D eigenvalue weighted by molar-refractivity contribution is 0.0494. The molecule has 2 rings (SSSR count). The van der Waals surface area contributed by atoms with Crippen molar-refractivity contribution in [2.45, 2.75) is 39.6 Å². The largest absolute Gasteiger partial charge is 0.479 e. The van der Waals surface area contributed by atoms with Crippen LogP contribution in [0.5, 0.6) is 5.95 Å². The van der Waals surface area contributed by atoms with Gasteiger partial charge in [0, 0.05) is 0 Å². The Balaban J connectivity index is 2.12. The normalized spacial score (nSPS) is 11.4. The Hall–Kier alpha value is -2.54. The smallest absolute Gasteiger partial charge is 0.432 e. The first-order valence-corrected chi connectivity index (χ1v) is 7.06. The van der Waals surface area contributed by atoms with Crippen LogP contribution >= 0.6 is 0 Å². The third-order valence-corrected chi connectivity index (χ3v) is 2.81. The fraction of sp³-hybridized carbons (Fsp3) is 0.375. The summed E-state index contributed by atoms with van der Waals surface area (Å²) in [5.41, 5.74) is 0.0489. The average Bonchev–Trinajstić information content (AvgIpc) is 2.72. The highest BCUT2D eigenvalue weighted by molar-refractivity contribution is 5.71. The van der Waals surface area contributed by atoms with Crippen LogP contribution in [0.25, 0.3) is 0 Å². The summed E-state index contributed by atoms with van der Waals surface area (Å²) in [7, 11) is 0. The van der Waals surface area contributed by atoms with Crippen LogP contribution in [0, 0.1) is 0 Å². The van der Waals surface area contributed by atoms with Gasteiger partial charge in [0.25, 0.3) is 0 Å². The van der Waals surface area contributed by atoms with Crippen LogP contribution in [-0.4, -0.2) is 21.4 Å². The standard InChI is InChI=1S/C16H19NO6/c1-16(2,3)23-15(20)17-12(13(18)22-14(17)19)10-21-9-11-7-5-4-6-8-11/h4-8,18H,9-10H2,1-3H3. The minimum absolute atomic E-state index is 0.0832. The van der Waals surface area contributed by atoms with Crippen LogP contribution in [0.3, 0.4) is 0 Å². The summed E-state index contributed by atoms with van der Waals surface area (Å²) in [5, 5.41) is 9.68. The van der Waals surface area contributed by atoms with E-state index in [1.807, 2.05) is 30.3 Å². The van der Waals surface area contributed by atoms with E-state index in [9.17, 15) is 14.7 Å². The Morgan fingerprint density at radius 1 is 1.22 bits per heavy atom. The van der Waals surface area contributed by atoms with Crippen LogP contribution < -0.4 is 5.76 Å². The van der Waals surface area contributed by atoms with Gasteiger partial charge in [-0.15, -0.1) is 0 Å². The zero-order chi connectivity index (χ0) is 17.0. The van der Waals surface area contributed by atoms with Crippen LogP contribution in [0.4, 0.5) is 4.79 Å². The maximum atomic E-state index is 12.1. The summed E-state index contributed by atoms with van der Waals surface area (Å²) in [5.74, 6) is -1.68. The monoisotopic (exact) mass is 321 g/mol. The average molecular weight is 321 g/mol. The van der Waals surface area contributed by atoms with Crippen LogP contribution in [0.2, 0.25) is 0 Å². The van der Waals surface area contributed by atoms with E-state index >= 15 is 0 Å². The van der Waals surface area contributed by atoms with Crippen LogP contribution in [0.15, 0.2) is 39.5 Å². The molecule has 1 aromatic carbocycles. The molecule has 0 unspecified atom stereocenters. The van der Waals surface area contributed by atoms with E-state index in [0.29, 0.717) is 4.57 Å². The predicted octanol–water partition coefficient (Wildman–Crippen LogP) is 2.65. The molecule has 0 spiro atoms. The maximum absolute atomic E-state index is 12.1. The molecule has 0 aliphatic carbocycles. The van der Waals surface area contributed by atoms with E-state index in [0.717, 1.165) is 5.56 Å². The van der Waals surface area contributed by atoms with Gasteiger partial charge in [-0.2, -0.15) is 4.57 Å². The lowest BCUT2D eigenvalue weighted by atomic mass is 10.2. The summed E-state index contributed by atoms with van der Waals surface area (Å²) in [6.45, 7) is 5.09. The molecule has 0 bridgehead atoms. The number of aromatic hydroxyl groups is 1. The minimum Gasteiger partial charge on any atom is -0.479 e. The molecule has 1 aromatic heterocycles. The van der Waals surface area contributed by atoms with Gasteiger partial charge in [-0.1, -0.05) is 30.3 Å². The highest BCUT2D eigenvalue weighted by Crippen LogP contribution is 2.18. The number of hydrogen-bond acceptors (Lipinski definition) is 6. The Kier molecular flexibility index (Phi) is 4.90. The molecule has 0 amide bonds. The molecule has 0 radical (unpaired) electrons. The van der Waals surface area contributed by atoms with Crippen molar-refractivity contribution in [2.75, 3.05) is 0 Å². The topological polar surface area (TPSA) is 90.9 Å². The minimum atomic E-state index is -1.02. The van der Waals surface area contributed by atoms with Crippen molar-refractivity contribution in [3.63, 3.8) is 0 Å². The van der Waals surface area contributed by atoms with E-state index in [-0.39, 0.29) is 18.9 Å². The number of aromatic nitrogens is 1. The molecule has 7 heteroatoms. The van der Waals surface area contributed by atoms with Gasteiger partial charge < -0.3 is 19.0 Å². The molecule has 0 aliphatic heterocycles. The van der Waals surface area contributed by atoms with Gasteiger partial charge in [0.1, 0.15) is 11.3 Å². The highest BCUT2D eigenvalue weighted by atomic mass is 16.6. The van der Waals surface area contributed by atoms with Crippen LogP contribution in [0.1, 0.15) is 32.0 Å². The summed E-state index contributed by atoms with van der Waals surface area (Å²) >= 11 is 0. The van der Waals surface area contributed by atoms with Crippen molar-refractivity contribution >= 4 is 6.09 Å². The first kappa shape index (κ1) is 16.8. The van der Waals surface area contributed by atoms with Gasteiger partial charge in [-0.3, -0.25) is 0 Å². The number of hydrogen-bond donors (Lipinski definition) is 1. The molecule has 0 aliphatic rings. The Labute approximate surface area is 133 Å². The van der Waals surface area contributed by atoms with Crippen LogP contribution in [-0.2, 0) is 22.7 Å². The van der Waals surface area contributed by atoms with E-state index in [2.05, 4.69) is 4.42 Å². The van der Waals surface area contributed by atoms with Crippen molar-refractivity contribution in [2.24, 2.45) is 0 Å². The summed E-state index contributed by atoms with van der Waals surface area (Å²) in [6, 6.07) is 9.35. The van der Waals surface area contributed by atoms with Gasteiger partial charge in [-0.05, 0) is 26.3 Å². The van der Waals surface area contributed by atoms with Gasteiger partial charge in [0.2, 0.25) is 0 Å².